The zero-order valence-corrected chi connectivity index (χ0v) is 6.66. The van der Waals surface area contributed by atoms with E-state index in [4.69, 9.17) is 10.5 Å². The lowest BCUT2D eigenvalue weighted by Crippen LogP contribution is -2.12. The molecule has 0 aromatic carbocycles. The van der Waals surface area contributed by atoms with Crippen LogP contribution >= 0.6 is 0 Å². The highest BCUT2D eigenvalue weighted by Gasteiger charge is 1.98. The molecule has 11 heavy (non-hydrogen) atoms. The fraction of sp³-hybridized carbons (Fsp3) is 0.571. The zero-order chi connectivity index (χ0) is 8.10. The molecule has 0 saturated heterocycles. The second-order valence-corrected chi connectivity index (χ2v) is 2.12. The summed E-state index contributed by atoms with van der Waals surface area (Å²) in [6.45, 7) is 3.93. The summed E-state index contributed by atoms with van der Waals surface area (Å²) >= 11 is 0. The largest absolute Gasteiger partial charge is 0.476 e. The van der Waals surface area contributed by atoms with Crippen molar-refractivity contribution in [3.63, 3.8) is 0 Å². The SMILES string of the molecule is CCn1nccc1OCCN. The van der Waals surface area contributed by atoms with Gasteiger partial charge in [-0.05, 0) is 6.92 Å². The molecular formula is C7H13N3O. The summed E-state index contributed by atoms with van der Waals surface area (Å²) in [5.41, 5.74) is 5.28. The Kier molecular flexibility index (Phi) is 2.92. The summed E-state index contributed by atoms with van der Waals surface area (Å²) in [6.07, 6.45) is 1.72. The normalized spacial score (nSPS) is 10.0. The minimum atomic E-state index is 0.537. The lowest BCUT2D eigenvalue weighted by atomic mass is 10.6. The van der Waals surface area contributed by atoms with Gasteiger partial charge in [0.2, 0.25) is 5.88 Å². The molecule has 2 N–H and O–H groups in total. The molecule has 4 heteroatoms. The minimum Gasteiger partial charge on any atom is -0.476 e. The number of hydrogen-bond acceptors (Lipinski definition) is 3. The van der Waals surface area contributed by atoms with Crippen LogP contribution < -0.4 is 10.5 Å². The van der Waals surface area contributed by atoms with Gasteiger partial charge in [-0.2, -0.15) is 5.10 Å². The van der Waals surface area contributed by atoms with Crippen molar-refractivity contribution in [1.82, 2.24) is 9.78 Å². The minimum absolute atomic E-state index is 0.537. The molecule has 0 radical (unpaired) electrons. The monoisotopic (exact) mass is 155 g/mol. The van der Waals surface area contributed by atoms with Crippen LogP contribution in [-0.4, -0.2) is 22.9 Å². The van der Waals surface area contributed by atoms with E-state index in [-0.39, 0.29) is 0 Å². The van der Waals surface area contributed by atoms with E-state index in [1.807, 2.05) is 13.0 Å². The van der Waals surface area contributed by atoms with Gasteiger partial charge >= 0.3 is 0 Å². The molecule has 0 aliphatic carbocycles. The molecule has 62 valence electrons. The van der Waals surface area contributed by atoms with E-state index >= 15 is 0 Å². The molecule has 1 rings (SSSR count). The van der Waals surface area contributed by atoms with Gasteiger partial charge in [-0.25, -0.2) is 4.68 Å². The Bertz CT molecular complexity index is 209. The van der Waals surface area contributed by atoms with Crippen LogP contribution in [0.15, 0.2) is 12.3 Å². The van der Waals surface area contributed by atoms with Crippen LogP contribution in [0.5, 0.6) is 5.88 Å². The number of aromatic nitrogens is 2. The van der Waals surface area contributed by atoms with Gasteiger partial charge in [0.15, 0.2) is 0 Å². The molecule has 0 amide bonds. The third-order valence-corrected chi connectivity index (χ3v) is 1.34. The smallest absolute Gasteiger partial charge is 0.211 e. The molecule has 1 aromatic rings. The Balaban J connectivity index is 2.54. The first-order valence-electron chi connectivity index (χ1n) is 3.73. The van der Waals surface area contributed by atoms with Crippen LogP contribution in [-0.2, 0) is 6.54 Å². The van der Waals surface area contributed by atoms with Gasteiger partial charge in [0, 0.05) is 19.2 Å². The summed E-state index contributed by atoms with van der Waals surface area (Å²) in [4.78, 5) is 0. The van der Waals surface area contributed by atoms with E-state index in [0.29, 0.717) is 13.2 Å². The number of hydrogen-bond donors (Lipinski definition) is 1. The Labute approximate surface area is 66.0 Å². The van der Waals surface area contributed by atoms with Gasteiger partial charge in [0.25, 0.3) is 0 Å². The van der Waals surface area contributed by atoms with E-state index in [0.717, 1.165) is 12.4 Å². The summed E-state index contributed by atoms with van der Waals surface area (Å²) in [5.74, 6) is 0.790. The zero-order valence-electron chi connectivity index (χ0n) is 6.66. The number of rotatable bonds is 4. The van der Waals surface area contributed by atoms with E-state index in [1.165, 1.54) is 0 Å². The van der Waals surface area contributed by atoms with Crippen LogP contribution in [0.25, 0.3) is 0 Å². The molecule has 0 unspecified atom stereocenters. The van der Waals surface area contributed by atoms with E-state index < -0.39 is 0 Å². The van der Waals surface area contributed by atoms with E-state index in [1.54, 1.807) is 10.9 Å². The average Bonchev–Trinajstić information content (AvgIpc) is 2.47. The van der Waals surface area contributed by atoms with Crippen molar-refractivity contribution in [2.45, 2.75) is 13.5 Å². The second-order valence-electron chi connectivity index (χ2n) is 2.12. The number of ether oxygens (including phenoxy) is 1. The number of nitrogens with two attached hydrogens (primary N) is 1. The van der Waals surface area contributed by atoms with Gasteiger partial charge in [0.1, 0.15) is 6.61 Å². The molecule has 0 aliphatic heterocycles. The highest BCUT2D eigenvalue weighted by atomic mass is 16.5. The fourth-order valence-corrected chi connectivity index (χ4v) is 0.844. The van der Waals surface area contributed by atoms with E-state index in [9.17, 15) is 0 Å². The van der Waals surface area contributed by atoms with Crippen molar-refractivity contribution in [2.75, 3.05) is 13.2 Å². The third-order valence-electron chi connectivity index (χ3n) is 1.34. The lowest BCUT2D eigenvalue weighted by molar-refractivity contribution is 0.294. The molecule has 0 saturated carbocycles. The van der Waals surface area contributed by atoms with Gasteiger partial charge in [-0.15, -0.1) is 0 Å². The van der Waals surface area contributed by atoms with Gasteiger partial charge in [0.05, 0.1) is 6.20 Å². The van der Waals surface area contributed by atoms with Crippen molar-refractivity contribution < 1.29 is 4.74 Å². The van der Waals surface area contributed by atoms with Crippen molar-refractivity contribution in [1.29, 1.82) is 0 Å². The van der Waals surface area contributed by atoms with Crippen molar-refractivity contribution in [3.8, 4) is 5.88 Å². The van der Waals surface area contributed by atoms with Crippen LogP contribution in [0.1, 0.15) is 6.92 Å². The first-order chi connectivity index (χ1) is 5.38. The average molecular weight is 155 g/mol. The van der Waals surface area contributed by atoms with Gasteiger partial charge in [-0.3, -0.25) is 0 Å². The predicted octanol–water partition coefficient (Wildman–Crippen LogP) is 0.241. The number of nitrogens with zero attached hydrogens (tertiary/aromatic N) is 2. The highest BCUT2D eigenvalue weighted by molar-refractivity contribution is 5.07. The lowest BCUT2D eigenvalue weighted by Gasteiger charge is -2.04. The van der Waals surface area contributed by atoms with Gasteiger partial charge in [-0.1, -0.05) is 0 Å². The first kappa shape index (κ1) is 8.07. The third kappa shape index (κ3) is 1.94. The molecule has 1 aromatic heterocycles. The Morgan fingerprint density at radius 3 is 3.18 bits per heavy atom. The van der Waals surface area contributed by atoms with Crippen LogP contribution in [0.2, 0.25) is 0 Å². The van der Waals surface area contributed by atoms with Crippen molar-refractivity contribution in [3.05, 3.63) is 12.3 Å². The van der Waals surface area contributed by atoms with Crippen LogP contribution in [0.3, 0.4) is 0 Å². The summed E-state index contributed by atoms with van der Waals surface area (Å²) in [7, 11) is 0. The van der Waals surface area contributed by atoms with E-state index in [2.05, 4.69) is 5.10 Å². The molecule has 0 atom stereocenters. The van der Waals surface area contributed by atoms with Crippen LogP contribution in [0.4, 0.5) is 0 Å². The summed E-state index contributed by atoms with van der Waals surface area (Å²) in [5, 5.41) is 4.04. The molecule has 1 heterocycles. The standard InChI is InChI=1S/C7H13N3O/c1-2-10-7(3-5-9-10)11-6-4-8/h3,5H,2,4,6,8H2,1H3. The predicted molar refractivity (Wildman–Crippen MR) is 42.5 cm³/mol. The van der Waals surface area contributed by atoms with Crippen molar-refractivity contribution >= 4 is 0 Å². The Hall–Kier alpha value is -1.03. The quantitative estimate of drug-likeness (QED) is 0.677. The Morgan fingerprint density at radius 1 is 1.73 bits per heavy atom. The van der Waals surface area contributed by atoms with Crippen molar-refractivity contribution in [2.24, 2.45) is 5.73 Å². The molecular weight excluding hydrogens is 142 g/mol. The molecule has 4 nitrogen and oxygen atoms in total. The number of aryl methyl sites for hydroxylation is 1. The molecule has 0 spiro atoms. The molecule has 0 fully saturated rings. The van der Waals surface area contributed by atoms with Crippen LogP contribution in [0, 0.1) is 0 Å². The molecule has 0 aliphatic rings. The van der Waals surface area contributed by atoms with Gasteiger partial charge < -0.3 is 10.5 Å². The molecule has 0 bridgehead atoms. The Morgan fingerprint density at radius 2 is 2.55 bits per heavy atom. The maximum atomic E-state index is 5.29. The summed E-state index contributed by atoms with van der Waals surface area (Å²) < 4.78 is 7.08. The maximum absolute atomic E-state index is 5.29. The maximum Gasteiger partial charge on any atom is 0.211 e. The second kappa shape index (κ2) is 3.98. The highest BCUT2D eigenvalue weighted by Crippen LogP contribution is 2.07. The topological polar surface area (TPSA) is 53.1 Å². The fourth-order valence-electron chi connectivity index (χ4n) is 0.844. The summed E-state index contributed by atoms with van der Waals surface area (Å²) in [6, 6.07) is 1.83. The first-order valence-corrected chi connectivity index (χ1v) is 3.73.